The molecule has 140 valence electrons. The van der Waals surface area contributed by atoms with Gasteiger partial charge >= 0.3 is 0 Å². The molecule has 2 heterocycles. The first-order valence-electron chi connectivity index (χ1n) is 8.60. The summed E-state index contributed by atoms with van der Waals surface area (Å²) in [6, 6.07) is 10.6. The fourth-order valence-electron chi connectivity index (χ4n) is 2.99. The maximum atomic E-state index is 12.5. The third-order valence-electron chi connectivity index (χ3n) is 4.58. The van der Waals surface area contributed by atoms with E-state index in [1.165, 1.54) is 0 Å². The molecule has 2 aromatic carbocycles. The second-order valence-corrected chi connectivity index (χ2v) is 8.40. The van der Waals surface area contributed by atoms with Gasteiger partial charge < -0.3 is 15.1 Å². The number of piperazine rings is 1. The van der Waals surface area contributed by atoms with E-state index in [9.17, 15) is 4.79 Å². The molecule has 27 heavy (non-hydrogen) atoms. The Balaban J connectivity index is 1.55. The van der Waals surface area contributed by atoms with Gasteiger partial charge in [0.1, 0.15) is 0 Å². The molecule has 1 fully saturated rings. The molecule has 1 aromatic heterocycles. The van der Waals surface area contributed by atoms with Gasteiger partial charge in [-0.1, -0.05) is 34.5 Å². The van der Waals surface area contributed by atoms with E-state index in [2.05, 4.69) is 22.2 Å². The summed E-state index contributed by atoms with van der Waals surface area (Å²) in [5.74, 6) is -0.286. The summed E-state index contributed by atoms with van der Waals surface area (Å²) >= 11 is 13.7. The number of thiazole rings is 1. The van der Waals surface area contributed by atoms with Crippen LogP contribution in [0.3, 0.4) is 0 Å². The molecule has 0 saturated carbocycles. The van der Waals surface area contributed by atoms with Crippen LogP contribution in [0.2, 0.25) is 10.0 Å². The molecule has 1 aliphatic heterocycles. The molecule has 1 saturated heterocycles. The molecule has 1 amide bonds. The van der Waals surface area contributed by atoms with Crippen molar-refractivity contribution in [3.8, 4) is 0 Å². The molecule has 0 radical (unpaired) electrons. The molecule has 4 rings (SSSR count). The monoisotopic (exact) mass is 420 g/mol. The number of carbonyl (C=O) groups is 1. The van der Waals surface area contributed by atoms with Gasteiger partial charge in [0.15, 0.2) is 5.13 Å². The number of nitrogens with zero attached hydrogens (tertiary/aromatic N) is 3. The van der Waals surface area contributed by atoms with Gasteiger partial charge in [0.25, 0.3) is 5.91 Å². The highest BCUT2D eigenvalue weighted by molar-refractivity contribution is 7.22. The van der Waals surface area contributed by atoms with Crippen LogP contribution >= 0.6 is 34.5 Å². The van der Waals surface area contributed by atoms with E-state index in [4.69, 9.17) is 28.2 Å². The van der Waals surface area contributed by atoms with Crippen molar-refractivity contribution in [3.63, 3.8) is 0 Å². The van der Waals surface area contributed by atoms with Crippen LogP contribution in [0.25, 0.3) is 10.2 Å². The number of fused-ring (bicyclic) bond motifs is 1. The summed E-state index contributed by atoms with van der Waals surface area (Å²) < 4.78 is 1.04. The van der Waals surface area contributed by atoms with Gasteiger partial charge in [0.05, 0.1) is 20.8 Å². The van der Waals surface area contributed by atoms with Crippen molar-refractivity contribution < 1.29 is 4.79 Å². The van der Waals surface area contributed by atoms with Crippen molar-refractivity contribution in [1.82, 2.24) is 9.88 Å². The van der Waals surface area contributed by atoms with Crippen LogP contribution in [0, 0.1) is 0 Å². The molecule has 1 N–H and O–H groups in total. The van der Waals surface area contributed by atoms with Crippen LogP contribution in [0.1, 0.15) is 10.4 Å². The van der Waals surface area contributed by atoms with Crippen LogP contribution < -0.4 is 10.2 Å². The first-order chi connectivity index (χ1) is 13.0. The van der Waals surface area contributed by atoms with Crippen LogP contribution in [0.5, 0.6) is 0 Å². The van der Waals surface area contributed by atoms with Crippen molar-refractivity contribution in [2.24, 2.45) is 0 Å². The van der Waals surface area contributed by atoms with Crippen molar-refractivity contribution in [1.29, 1.82) is 0 Å². The highest BCUT2D eigenvalue weighted by atomic mass is 35.5. The summed E-state index contributed by atoms with van der Waals surface area (Å²) in [5.41, 5.74) is 2.00. The Morgan fingerprint density at radius 2 is 1.89 bits per heavy atom. The van der Waals surface area contributed by atoms with E-state index in [-0.39, 0.29) is 5.91 Å². The Morgan fingerprint density at radius 3 is 2.67 bits per heavy atom. The molecule has 3 aromatic rings. The van der Waals surface area contributed by atoms with Crippen molar-refractivity contribution in [2.75, 3.05) is 43.4 Å². The highest BCUT2D eigenvalue weighted by Gasteiger charge is 2.18. The first-order valence-corrected chi connectivity index (χ1v) is 10.2. The zero-order chi connectivity index (χ0) is 19.0. The maximum Gasteiger partial charge on any atom is 0.257 e. The fourth-order valence-corrected chi connectivity index (χ4v) is 4.43. The van der Waals surface area contributed by atoms with Crippen LogP contribution in [0.15, 0.2) is 36.4 Å². The summed E-state index contributed by atoms with van der Waals surface area (Å²) in [6.45, 7) is 4.04. The average molecular weight is 421 g/mol. The number of hydrogen-bond donors (Lipinski definition) is 1. The number of carbonyl (C=O) groups excluding carboxylic acids is 1. The summed E-state index contributed by atoms with van der Waals surface area (Å²) in [4.78, 5) is 21.9. The maximum absolute atomic E-state index is 12.5. The molecule has 0 bridgehead atoms. The number of aromatic nitrogens is 1. The Hall–Kier alpha value is -1.86. The minimum absolute atomic E-state index is 0.286. The Kier molecular flexibility index (Phi) is 5.23. The molecule has 1 aliphatic rings. The average Bonchev–Trinajstić information content (AvgIpc) is 3.07. The predicted molar refractivity (Wildman–Crippen MR) is 114 cm³/mol. The summed E-state index contributed by atoms with van der Waals surface area (Å²) in [5, 5.41) is 4.76. The van der Waals surface area contributed by atoms with Crippen LogP contribution in [0.4, 0.5) is 10.8 Å². The Bertz CT molecular complexity index is 999. The third kappa shape index (κ3) is 4.04. The summed E-state index contributed by atoms with van der Waals surface area (Å²) in [7, 11) is 2.14. The lowest BCUT2D eigenvalue weighted by atomic mass is 10.2. The minimum atomic E-state index is -0.286. The SMILES string of the molecule is CN1CCN(c2nc3ccc(NC(=O)c4cc(Cl)ccc4Cl)cc3s2)CC1. The topological polar surface area (TPSA) is 48.5 Å². The number of rotatable bonds is 3. The lowest BCUT2D eigenvalue weighted by Gasteiger charge is -2.31. The molecule has 0 unspecified atom stereocenters. The quantitative estimate of drug-likeness (QED) is 0.671. The largest absolute Gasteiger partial charge is 0.345 e. The molecule has 0 atom stereocenters. The second-order valence-electron chi connectivity index (χ2n) is 6.55. The summed E-state index contributed by atoms with van der Waals surface area (Å²) in [6.07, 6.45) is 0. The number of hydrogen-bond acceptors (Lipinski definition) is 5. The van der Waals surface area contributed by atoms with Crippen LogP contribution in [-0.2, 0) is 0 Å². The zero-order valence-corrected chi connectivity index (χ0v) is 17.0. The molecular weight excluding hydrogens is 403 g/mol. The third-order valence-corrected chi connectivity index (χ3v) is 6.23. The van der Waals surface area contributed by atoms with Gasteiger partial charge in [-0.05, 0) is 43.4 Å². The number of nitrogens with one attached hydrogen (secondary N) is 1. The molecule has 8 heteroatoms. The van der Waals surface area contributed by atoms with E-state index in [0.717, 1.165) is 41.5 Å². The lowest BCUT2D eigenvalue weighted by Crippen LogP contribution is -2.44. The standard InChI is InChI=1S/C19H18Cl2N4OS/c1-24-6-8-25(9-7-24)19-23-16-5-3-13(11-17(16)27-19)22-18(26)14-10-12(20)2-4-15(14)21/h2-5,10-11H,6-9H2,1H3,(H,22,26). The van der Waals surface area contributed by atoms with Crippen molar-refractivity contribution in [3.05, 3.63) is 52.0 Å². The molecule has 0 aliphatic carbocycles. The number of anilines is 2. The first kappa shape index (κ1) is 18.5. The fraction of sp³-hybridized carbons (Fsp3) is 0.263. The number of likely N-dealkylation sites (N-methyl/N-ethyl adjacent to an activating group) is 1. The van der Waals surface area contributed by atoms with Gasteiger partial charge in [-0.3, -0.25) is 4.79 Å². The molecule has 0 spiro atoms. The van der Waals surface area contributed by atoms with E-state index in [1.807, 2.05) is 18.2 Å². The Morgan fingerprint density at radius 1 is 1.11 bits per heavy atom. The predicted octanol–water partition coefficient (Wildman–Crippen LogP) is 4.61. The van der Waals surface area contributed by atoms with Gasteiger partial charge in [0.2, 0.25) is 0 Å². The smallest absolute Gasteiger partial charge is 0.257 e. The van der Waals surface area contributed by atoms with Gasteiger partial charge in [-0.25, -0.2) is 4.98 Å². The van der Waals surface area contributed by atoms with E-state index < -0.39 is 0 Å². The van der Waals surface area contributed by atoms with Gasteiger partial charge in [-0.15, -0.1) is 0 Å². The zero-order valence-electron chi connectivity index (χ0n) is 14.7. The normalized spacial score (nSPS) is 15.3. The molecule has 5 nitrogen and oxygen atoms in total. The second kappa shape index (κ2) is 7.64. The molecular formula is C19H18Cl2N4OS. The number of halogens is 2. The van der Waals surface area contributed by atoms with E-state index in [1.54, 1.807) is 29.5 Å². The highest BCUT2D eigenvalue weighted by Crippen LogP contribution is 2.31. The minimum Gasteiger partial charge on any atom is -0.345 e. The van der Waals surface area contributed by atoms with Crippen molar-refractivity contribution in [2.45, 2.75) is 0 Å². The van der Waals surface area contributed by atoms with Gasteiger partial charge in [-0.2, -0.15) is 0 Å². The van der Waals surface area contributed by atoms with Crippen LogP contribution in [-0.4, -0.2) is 49.0 Å². The lowest BCUT2D eigenvalue weighted by molar-refractivity contribution is 0.102. The van der Waals surface area contributed by atoms with E-state index >= 15 is 0 Å². The Labute approximate surface area is 171 Å². The number of amides is 1. The van der Waals surface area contributed by atoms with Crippen molar-refractivity contribution >= 4 is 61.5 Å². The van der Waals surface area contributed by atoms with E-state index in [0.29, 0.717) is 21.3 Å². The number of benzene rings is 2. The van der Waals surface area contributed by atoms with Gasteiger partial charge in [0, 0.05) is 36.9 Å².